The summed E-state index contributed by atoms with van der Waals surface area (Å²) >= 11 is 6.08. The normalized spacial score (nSPS) is 10.3. The molecule has 2 aromatic carbocycles. The summed E-state index contributed by atoms with van der Waals surface area (Å²) in [6.45, 7) is 3.84. The number of ether oxygens (including phenoxy) is 1. The number of rotatable bonds is 7. The molecule has 6 nitrogen and oxygen atoms in total. The van der Waals surface area contributed by atoms with Crippen molar-refractivity contribution in [2.24, 2.45) is 0 Å². The maximum Gasteiger partial charge on any atom is 0.243 e. The third-order valence-corrected chi connectivity index (χ3v) is 4.46. The van der Waals surface area contributed by atoms with Gasteiger partial charge in [-0.15, -0.1) is 0 Å². The average Bonchev–Trinajstić information content (AvgIpc) is 2.63. The number of hydrogen-bond acceptors (Lipinski definition) is 4. The molecule has 0 aliphatic heterocycles. The lowest BCUT2D eigenvalue weighted by atomic mass is 10.2. The van der Waals surface area contributed by atoms with Crippen LogP contribution in [0.5, 0.6) is 5.75 Å². The van der Waals surface area contributed by atoms with Crippen molar-refractivity contribution in [3.8, 4) is 5.75 Å². The fourth-order valence-corrected chi connectivity index (χ4v) is 2.57. The first-order valence-electron chi connectivity index (χ1n) is 8.48. The molecule has 0 atom stereocenters. The molecule has 0 fully saturated rings. The van der Waals surface area contributed by atoms with Crippen LogP contribution in [0.4, 0.5) is 11.4 Å². The molecule has 0 radical (unpaired) electrons. The van der Waals surface area contributed by atoms with E-state index in [9.17, 15) is 9.59 Å². The molecule has 27 heavy (non-hydrogen) atoms. The number of anilines is 2. The SMILES string of the molecule is COc1cc(Cl)c(C)cc1NCC(=O)N(C)CC(=O)Nc1ccc(C)cc1. The van der Waals surface area contributed by atoms with Gasteiger partial charge >= 0.3 is 0 Å². The Morgan fingerprint density at radius 3 is 2.44 bits per heavy atom. The number of aryl methyl sites for hydroxylation is 2. The summed E-state index contributed by atoms with van der Waals surface area (Å²) in [6, 6.07) is 11.0. The van der Waals surface area contributed by atoms with E-state index in [1.54, 1.807) is 13.1 Å². The van der Waals surface area contributed by atoms with Crippen molar-refractivity contribution in [1.82, 2.24) is 4.90 Å². The molecule has 0 spiro atoms. The third kappa shape index (κ3) is 5.89. The van der Waals surface area contributed by atoms with Gasteiger partial charge in [-0.1, -0.05) is 29.3 Å². The van der Waals surface area contributed by atoms with Crippen LogP contribution >= 0.6 is 11.6 Å². The van der Waals surface area contributed by atoms with Crippen LogP contribution in [0, 0.1) is 13.8 Å². The van der Waals surface area contributed by atoms with Gasteiger partial charge in [0.1, 0.15) is 5.75 Å². The van der Waals surface area contributed by atoms with Crippen LogP contribution in [0.3, 0.4) is 0 Å². The molecule has 0 unspecified atom stereocenters. The zero-order valence-corrected chi connectivity index (χ0v) is 16.7. The van der Waals surface area contributed by atoms with Gasteiger partial charge in [-0.25, -0.2) is 0 Å². The minimum Gasteiger partial charge on any atom is -0.495 e. The number of likely N-dealkylation sites (N-methyl/N-ethyl adjacent to an activating group) is 1. The van der Waals surface area contributed by atoms with Crippen LogP contribution in [0.25, 0.3) is 0 Å². The second-order valence-electron chi connectivity index (χ2n) is 6.32. The Labute approximate surface area is 164 Å². The van der Waals surface area contributed by atoms with E-state index in [1.807, 2.05) is 44.2 Å². The number of nitrogens with zero attached hydrogens (tertiary/aromatic N) is 1. The number of benzene rings is 2. The molecule has 0 saturated heterocycles. The number of nitrogens with one attached hydrogen (secondary N) is 2. The quantitative estimate of drug-likeness (QED) is 0.760. The van der Waals surface area contributed by atoms with Crippen molar-refractivity contribution in [3.63, 3.8) is 0 Å². The number of hydrogen-bond donors (Lipinski definition) is 2. The van der Waals surface area contributed by atoms with Crippen molar-refractivity contribution in [2.45, 2.75) is 13.8 Å². The molecule has 2 rings (SSSR count). The first-order chi connectivity index (χ1) is 12.8. The Balaban J connectivity index is 1.89. The number of halogens is 1. The molecule has 2 N–H and O–H groups in total. The van der Waals surface area contributed by atoms with Gasteiger partial charge in [0.15, 0.2) is 0 Å². The summed E-state index contributed by atoms with van der Waals surface area (Å²) in [5.41, 5.74) is 3.36. The van der Waals surface area contributed by atoms with Gasteiger partial charge in [-0.05, 0) is 37.6 Å². The second-order valence-corrected chi connectivity index (χ2v) is 6.73. The van der Waals surface area contributed by atoms with E-state index < -0.39 is 0 Å². The molecule has 0 bridgehead atoms. The maximum atomic E-state index is 12.3. The predicted octanol–water partition coefficient (Wildman–Crippen LogP) is 3.47. The van der Waals surface area contributed by atoms with Crippen LogP contribution in [0.15, 0.2) is 36.4 Å². The van der Waals surface area contributed by atoms with Crippen molar-refractivity contribution < 1.29 is 14.3 Å². The minimum absolute atomic E-state index is 0.0335. The van der Waals surface area contributed by atoms with Gasteiger partial charge < -0.3 is 20.3 Å². The van der Waals surface area contributed by atoms with E-state index in [0.717, 1.165) is 11.1 Å². The van der Waals surface area contributed by atoms with Crippen molar-refractivity contribution in [1.29, 1.82) is 0 Å². The zero-order chi connectivity index (χ0) is 20.0. The summed E-state index contributed by atoms with van der Waals surface area (Å²) < 4.78 is 5.28. The highest BCUT2D eigenvalue weighted by Crippen LogP contribution is 2.30. The van der Waals surface area contributed by atoms with Crippen molar-refractivity contribution >= 4 is 34.8 Å². The van der Waals surface area contributed by atoms with E-state index in [4.69, 9.17) is 16.3 Å². The monoisotopic (exact) mass is 389 g/mol. The van der Waals surface area contributed by atoms with E-state index in [1.165, 1.54) is 12.0 Å². The first kappa shape index (κ1) is 20.6. The predicted molar refractivity (Wildman–Crippen MR) is 109 cm³/mol. The summed E-state index contributed by atoms with van der Waals surface area (Å²) in [7, 11) is 3.12. The largest absolute Gasteiger partial charge is 0.495 e. The van der Waals surface area contributed by atoms with Crippen LogP contribution < -0.4 is 15.4 Å². The van der Waals surface area contributed by atoms with Crippen molar-refractivity contribution in [3.05, 3.63) is 52.5 Å². The number of carbonyl (C=O) groups excluding carboxylic acids is 2. The van der Waals surface area contributed by atoms with Gasteiger partial charge in [0, 0.05) is 23.8 Å². The molecule has 0 aliphatic carbocycles. The average molecular weight is 390 g/mol. The highest BCUT2D eigenvalue weighted by atomic mass is 35.5. The van der Waals surface area contributed by atoms with Gasteiger partial charge in [-0.2, -0.15) is 0 Å². The molecule has 0 heterocycles. The standard InChI is InChI=1S/C20H24ClN3O3/c1-13-5-7-15(8-6-13)23-19(25)12-24(3)20(26)11-22-17-9-14(2)16(21)10-18(17)27-4/h5-10,22H,11-12H2,1-4H3,(H,23,25). The fraction of sp³-hybridized carbons (Fsp3) is 0.300. The first-order valence-corrected chi connectivity index (χ1v) is 8.86. The van der Waals surface area contributed by atoms with E-state index in [-0.39, 0.29) is 24.9 Å². The van der Waals surface area contributed by atoms with Gasteiger partial charge in [0.25, 0.3) is 0 Å². The lowest BCUT2D eigenvalue weighted by molar-refractivity contribution is -0.131. The highest BCUT2D eigenvalue weighted by Gasteiger charge is 2.14. The number of amides is 2. The van der Waals surface area contributed by atoms with Gasteiger partial charge in [-0.3, -0.25) is 9.59 Å². The second kappa shape index (κ2) is 9.28. The van der Waals surface area contributed by atoms with Gasteiger partial charge in [0.05, 0.1) is 25.9 Å². The van der Waals surface area contributed by atoms with E-state index >= 15 is 0 Å². The van der Waals surface area contributed by atoms with Gasteiger partial charge in [0.2, 0.25) is 11.8 Å². The third-order valence-electron chi connectivity index (χ3n) is 4.05. The van der Waals surface area contributed by atoms with Crippen LogP contribution in [-0.4, -0.2) is 44.0 Å². The molecule has 7 heteroatoms. The van der Waals surface area contributed by atoms with E-state index in [0.29, 0.717) is 22.1 Å². The minimum atomic E-state index is -0.255. The lowest BCUT2D eigenvalue weighted by Gasteiger charge is -2.18. The summed E-state index contributed by atoms with van der Waals surface area (Å²) in [4.78, 5) is 25.8. The molecule has 0 aromatic heterocycles. The molecule has 2 aromatic rings. The van der Waals surface area contributed by atoms with Crippen LogP contribution in [0.1, 0.15) is 11.1 Å². The molecular formula is C20H24ClN3O3. The molecular weight excluding hydrogens is 366 g/mol. The highest BCUT2D eigenvalue weighted by molar-refractivity contribution is 6.31. The Kier molecular flexibility index (Phi) is 7.07. The smallest absolute Gasteiger partial charge is 0.243 e. The molecule has 144 valence electrons. The Morgan fingerprint density at radius 2 is 1.81 bits per heavy atom. The molecule has 0 aliphatic rings. The maximum absolute atomic E-state index is 12.3. The Bertz CT molecular complexity index is 822. The lowest BCUT2D eigenvalue weighted by Crippen LogP contribution is -2.38. The fourth-order valence-electron chi connectivity index (χ4n) is 2.42. The summed E-state index contributed by atoms with van der Waals surface area (Å²) in [5, 5.41) is 6.40. The zero-order valence-electron chi connectivity index (χ0n) is 15.9. The Hall–Kier alpha value is -2.73. The van der Waals surface area contributed by atoms with Crippen LogP contribution in [0.2, 0.25) is 5.02 Å². The molecule has 0 saturated carbocycles. The number of carbonyl (C=O) groups is 2. The van der Waals surface area contributed by atoms with Crippen LogP contribution in [-0.2, 0) is 9.59 Å². The summed E-state index contributed by atoms with van der Waals surface area (Å²) in [5.74, 6) is 0.0801. The Morgan fingerprint density at radius 1 is 1.15 bits per heavy atom. The topological polar surface area (TPSA) is 70.7 Å². The van der Waals surface area contributed by atoms with E-state index in [2.05, 4.69) is 10.6 Å². The van der Waals surface area contributed by atoms with Crippen molar-refractivity contribution in [2.75, 3.05) is 37.9 Å². The number of methoxy groups -OCH3 is 1. The summed E-state index contributed by atoms with van der Waals surface area (Å²) in [6.07, 6.45) is 0. The molecule has 2 amide bonds.